The quantitative estimate of drug-likeness (QED) is 0.152. The van der Waals surface area contributed by atoms with E-state index >= 15 is 0 Å². The summed E-state index contributed by atoms with van der Waals surface area (Å²) in [4.78, 5) is 15.4. The monoisotopic (exact) mass is 874 g/mol. The van der Waals surface area contributed by atoms with Gasteiger partial charge in [0.25, 0.3) is 0 Å². The normalized spacial score (nSPS) is 17.5. The van der Waals surface area contributed by atoms with Gasteiger partial charge in [0.1, 0.15) is 0 Å². The van der Waals surface area contributed by atoms with Crippen LogP contribution in [0.3, 0.4) is 0 Å². The Balaban J connectivity index is 0.918. The Morgan fingerprint density at radius 3 is 1.56 bits per heavy atom. The van der Waals surface area contributed by atoms with E-state index in [0.717, 1.165) is 78.3 Å². The van der Waals surface area contributed by atoms with E-state index in [4.69, 9.17) is 15.0 Å². The third-order valence-corrected chi connectivity index (χ3v) is 14.6. The molecule has 0 saturated heterocycles. The van der Waals surface area contributed by atoms with E-state index in [1.807, 2.05) is 91.0 Å². The molecule has 6 heteroatoms. The predicted octanol–water partition coefficient (Wildman–Crippen LogP) is 15.2. The largest absolute Gasteiger partial charge is 0.309 e. The van der Waals surface area contributed by atoms with E-state index in [1.54, 1.807) is 0 Å². The SMILES string of the molecule is CC1(c2ccc(-c3ccc(-n4c5ccccc5c5cc(-c6nc(-c7ccc(-c8cccc(C#N)c8)cc7)nc(-c7cccc(-c8cccc(C#N)c8)c7)n6)ccc54)cc3)cc2)C[C@@H]2CC[C@@H](C2)C1. The maximum atomic E-state index is 9.62. The number of para-hydroxylation sites is 1. The molecule has 2 heterocycles. The summed E-state index contributed by atoms with van der Waals surface area (Å²) >= 11 is 0. The molecular weight excluding hydrogens is 829 g/mol. The Morgan fingerprint density at radius 2 is 0.912 bits per heavy atom. The number of benzene rings is 8. The van der Waals surface area contributed by atoms with Gasteiger partial charge in [-0.3, -0.25) is 0 Å². The van der Waals surface area contributed by atoms with E-state index in [9.17, 15) is 10.5 Å². The summed E-state index contributed by atoms with van der Waals surface area (Å²) < 4.78 is 2.35. The van der Waals surface area contributed by atoms with Crippen molar-refractivity contribution in [3.63, 3.8) is 0 Å². The van der Waals surface area contributed by atoms with Crippen LogP contribution in [0.1, 0.15) is 55.7 Å². The highest BCUT2D eigenvalue weighted by atomic mass is 15.0. The molecular formula is C62H46N6. The highest BCUT2D eigenvalue weighted by Crippen LogP contribution is 2.52. The van der Waals surface area contributed by atoms with E-state index in [2.05, 4.69) is 121 Å². The minimum Gasteiger partial charge on any atom is -0.309 e. The summed E-state index contributed by atoms with van der Waals surface area (Å²) in [7, 11) is 0. The maximum absolute atomic E-state index is 9.62. The van der Waals surface area contributed by atoms with Gasteiger partial charge in [-0.05, 0) is 142 Å². The van der Waals surface area contributed by atoms with Gasteiger partial charge in [-0.2, -0.15) is 10.5 Å². The Morgan fingerprint density at radius 1 is 0.441 bits per heavy atom. The van der Waals surface area contributed by atoms with Crippen LogP contribution in [-0.2, 0) is 5.41 Å². The van der Waals surface area contributed by atoms with Gasteiger partial charge < -0.3 is 4.57 Å². The Bertz CT molecular complexity index is 3630. The van der Waals surface area contributed by atoms with Gasteiger partial charge in [-0.15, -0.1) is 0 Å². The van der Waals surface area contributed by atoms with Gasteiger partial charge in [0.15, 0.2) is 17.5 Å². The molecule has 0 N–H and O–H groups in total. The van der Waals surface area contributed by atoms with Crippen LogP contribution in [0, 0.1) is 34.5 Å². The molecule has 2 aliphatic carbocycles. The van der Waals surface area contributed by atoms with Crippen LogP contribution in [0.2, 0.25) is 0 Å². The molecule has 12 rings (SSSR count). The number of hydrogen-bond donors (Lipinski definition) is 0. The second kappa shape index (κ2) is 16.8. The first kappa shape index (κ1) is 41.0. The second-order valence-electron chi connectivity index (χ2n) is 19.1. The van der Waals surface area contributed by atoms with Crippen molar-refractivity contribution in [3.8, 4) is 85.4 Å². The van der Waals surface area contributed by atoms with Crippen LogP contribution in [0.25, 0.3) is 95.0 Å². The molecule has 2 fully saturated rings. The van der Waals surface area contributed by atoms with Crippen molar-refractivity contribution in [1.82, 2.24) is 19.5 Å². The van der Waals surface area contributed by atoms with E-state index < -0.39 is 0 Å². The van der Waals surface area contributed by atoms with Crippen LogP contribution in [0.4, 0.5) is 0 Å². The van der Waals surface area contributed by atoms with Crippen LogP contribution in [0.15, 0.2) is 188 Å². The molecule has 324 valence electrons. The van der Waals surface area contributed by atoms with Crippen LogP contribution in [0.5, 0.6) is 0 Å². The standard InChI is InChI=1S/C62H46N6/c1-62(36-40-15-16-41(31-40)37-62)53-26-21-44(22-27-53)45-23-28-54(29-24-45)68-57-14-3-2-13-55(57)56-35-52(25-30-58(56)68)61-66-59(47-19-17-46(18-20-47)48-9-4-7-42(32-48)38-63)65-60(67-61)51-12-6-11-50(34-51)49-10-5-8-43(33-49)39-64/h2-14,17-30,32-35,40-41H,15-16,31,36-37H2,1H3/t40-,41+,62?. The lowest BCUT2D eigenvalue weighted by molar-refractivity contribution is 0.232. The molecule has 0 spiro atoms. The molecule has 0 amide bonds. The predicted molar refractivity (Wildman–Crippen MR) is 274 cm³/mol. The van der Waals surface area contributed by atoms with E-state index in [0.29, 0.717) is 28.6 Å². The highest BCUT2D eigenvalue weighted by Gasteiger charge is 2.41. The van der Waals surface area contributed by atoms with Crippen LogP contribution < -0.4 is 0 Å². The smallest absolute Gasteiger partial charge is 0.164 e. The number of hydrogen-bond acceptors (Lipinski definition) is 5. The summed E-state index contributed by atoms with van der Waals surface area (Å²) in [6.07, 6.45) is 6.91. The minimum atomic E-state index is 0.289. The topological polar surface area (TPSA) is 91.2 Å². The lowest BCUT2D eigenvalue weighted by atomic mass is 9.66. The molecule has 0 radical (unpaired) electrons. The average molecular weight is 875 g/mol. The summed E-state index contributed by atoms with van der Waals surface area (Å²) in [5.74, 6) is 3.45. The summed E-state index contributed by atoms with van der Waals surface area (Å²) in [5.41, 5.74) is 15.2. The van der Waals surface area contributed by atoms with Crippen molar-refractivity contribution in [1.29, 1.82) is 10.5 Å². The Hall–Kier alpha value is -8.45. The summed E-state index contributed by atoms with van der Waals surface area (Å²) in [5, 5.41) is 21.4. The fraction of sp³-hybridized carbons (Fsp3) is 0.145. The molecule has 10 aromatic rings. The van der Waals surface area contributed by atoms with Crippen molar-refractivity contribution >= 4 is 21.8 Å². The molecule has 2 aliphatic rings. The maximum Gasteiger partial charge on any atom is 0.164 e. The van der Waals surface area contributed by atoms with Crippen molar-refractivity contribution in [2.24, 2.45) is 11.8 Å². The summed E-state index contributed by atoms with van der Waals surface area (Å²) in [6.45, 7) is 2.49. The van der Waals surface area contributed by atoms with Gasteiger partial charge in [-0.25, -0.2) is 15.0 Å². The van der Waals surface area contributed by atoms with Gasteiger partial charge in [0.05, 0.1) is 34.3 Å². The van der Waals surface area contributed by atoms with Crippen LogP contribution in [-0.4, -0.2) is 19.5 Å². The number of nitrogens with zero attached hydrogens (tertiary/aromatic N) is 6. The number of rotatable bonds is 8. The third kappa shape index (κ3) is 7.51. The molecule has 6 nitrogen and oxygen atoms in total. The second-order valence-corrected chi connectivity index (χ2v) is 19.1. The fourth-order valence-corrected chi connectivity index (χ4v) is 11.4. The van der Waals surface area contributed by atoms with Gasteiger partial charge in [0, 0.05) is 33.2 Å². The van der Waals surface area contributed by atoms with Crippen molar-refractivity contribution in [2.75, 3.05) is 0 Å². The zero-order valence-electron chi connectivity index (χ0n) is 37.8. The first-order valence-corrected chi connectivity index (χ1v) is 23.6. The van der Waals surface area contributed by atoms with E-state index in [-0.39, 0.29) is 5.41 Å². The minimum absolute atomic E-state index is 0.289. The molecule has 1 unspecified atom stereocenters. The molecule has 0 aliphatic heterocycles. The molecule has 2 aromatic heterocycles. The first-order chi connectivity index (χ1) is 33.4. The van der Waals surface area contributed by atoms with Crippen molar-refractivity contribution in [2.45, 2.75) is 44.4 Å². The van der Waals surface area contributed by atoms with Gasteiger partial charge in [0.2, 0.25) is 0 Å². The number of fused-ring (bicyclic) bond motifs is 5. The highest BCUT2D eigenvalue weighted by molar-refractivity contribution is 6.10. The molecule has 3 atom stereocenters. The van der Waals surface area contributed by atoms with Gasteiger partial charge >= 0.3 is 0 Å². The Labute approximate surface area is 396 Å². The molecule has 68 heavy (non-hydrogen) atoms. The molecule has 8 aromatic carbocycles. The number of aromatic nitrogens is 4. The first-order valence-electron chi connectivity index (χ1n) is 23.6. The molecule has 2 saturated carbocycles. The zero-order valence-corrected chi connectivity index (χ0v) is 37.8. The van der Waals surface area contributed by atoms with Gasteiger partial charge in [-0.1, -0.05) is 141 Å². The zero-order chi connectivity index (χ0) is 45.8. The number of nitriles is 2. The average Bonchev–Trinajstić information content (AvgIpc) is 3.93. The van der Waals surface area contributed by atoms with Crippen molar-refractivity contribution < 1.29 is 0 Å². The summed E-state index contributed by atoms with van der Waals surface area (Å²) in [6, 6.07) is 69.5. The van der Waals surface area contributed by atoms with E-state index in [1.165, 1.54) is 48.8 Å². The lowest BCUT2D eigenvalue weighted by Crippen LogP contribution is -2.30. The van der Waals surface area contributed by atoms with Crippen molar-refractivity contribution in [3.05, 3.63) is 205 Å². The lowest BCUT2D eigenvalue weighted by Gasteiger charge is -2.38. The Kier molecular flexibility index (Phi) is 10.1. The van der Waals surface area contributed by atoms with Crippen LogP contribution >= 0.6 is 0 Å². The fourth-order valence-electron chi connectivity index (χ4n) is 11.4. The molecule has 2 bridgehead atoms. The third-order valence-electron chi connectivity index (χ3n) is 14.6.